The van der Waals surface area contributed by atoms with Gasteiger partial charge in [0.15, 0.2) is 0 Å². The van der Waals surface area contributed by atoms with Gasteiger partial charge >= 0.3 is 0 Å². The van der Waals surface area contributed by atoms with Gasteiger partial charge in [-0.05, 0) is 44.4 Å². The maximum Gasteiger partial charge on any atom is 0.254 e. The Balaban J connectivity index is 2.09. The van der Waals surface area contributed by atoms with Gasteiger partial charge in [-0.15, -0.1) is 0 Å². The Morgan fingerprint density at radius 3 is 2.80 bits per heavy atom. The van der Waals surface area contributed by atoms with Crippen molar-refractivity contribution >= 4 is 5.91 Å². The molecule has 1 aromatic rings. The molecule has 0 saturated carbocycles. The Kier molecular flexibility index (Phi) is 4.81. The number of hydrogen-bond donors (Lipinski definition) is 1. The fraction of sp³-hybridized carbons (Fsp3) is 0.588. The summed E-state index contributed by atoms with van der Waals surface area (Å²) in [5, 5.41) is 3.52. The van der Waals surface area contributed by atoms with Crippen molar-refractivity contribution in [2.24, 2.45) is 5.92 Å². The van der Waals surface area contributed by atoms with E-state index in [-0.39, 0.29) is 5.91 Å². The van der Waals surface area contributed by atoms with Gasteiger partial charge in [0.05, 0.1) is 0 Å². The number of nitrogens with one attached hydrogen (secondary N) is 1. The first-order valence-electron chi connectivity index (χ1n) is 7.62. The summed E-state index contributed by atoms with van der Waals surface area (Å²) in [5.74, 6) is 0.700. The van der Waals surface area contributed by atoms with Crippen LogP contribution >= 0.6 is 0 Å². The Morgan fingerprint density at radius 2 is 2.15 bits per heavy atom. The largest absolute Gasteiger partial charge is 0.338 e. The van der Waals surface area contributed by atoms with E-state index in [4.69, 9.17) is 0 Å². The molecule has 0 bridgehead atoms. The molecule has 1 amide bonds. The average Bonchev–Trinajstić information content (AvgIpc) is 2.43. The Hall–Kier alpha value is -1.35. The van der Waals surface area contributed by atoms with Crippen molar-refractivity contribution in [3.8, 4) is 0 Å². The van der Waals surface area contributed by atoms with Gasteiger partial charge in [-0.2, -0.15) is 0 Å². The van der Waals surface area contributed by atoms with E-state index in [1.807, 2.05) is 30.9 Å². The lowest BCUT2D eigenvalue weighted by Crippen LogP contribution is -2.50. The van der Waals surface area contributed by atoms with Crippen LogP contribution in [0, 0.1) is 19.8 Å². The molecule has 1 aliphatic heterocycles. The molecule has 2 atom stereocenters. The molecule has 3 heteroatoms. The van der Waals surface area contributed by atoms with Gasteiger partial charge in [0.25, 0.3) is 5.91 Å². The van der Waals surface area contributed by atoms with Crippen molar-refractivity contribution in [2.45, 2.75) is 40.2 Å². The first-order valence-corrected chi connectivity index (χ1v) is 7.62. The van der Waals surface area contributed by atoms with Crippen molar-refractivity contribution in [3.63, 3.8) is 0 Å². The second kappa shape index (κ2) is 6.40. The van der Waals surface area contributed by atoms with E-state index in [0.29, 0.717) is 12.0 Å². The standard InChI is InChI=1S/C17H26N2O/c1-5-18-16-8-9-19(11-14(16)4)17(20)15-10-12(2)6-7-13(15)3/h6-7,10,14,16,18H,5,8-9,11H2,1-4H3. The Labute approximate surface area is 122 Å². The number of carbonyl (C=O) groups is 1. The third kappa shape index (κ3) is 3.21. The van der Waals surface area contributed by atoms with Gasteiger partial charge in [0.1, 0.15) is 0 Å². The molecule has 110 valence electrons. The number of aryl methyl sites for hydroxylation is 2. The zero-order chi connectivity index (χ0) is 14.7. The highest BCUT2D eigenvalue weighted by Gasteiger charge is 2.28. The van der Waals surface area contributed by atoms with E-state index >= 15 is 0 Å². The number of hydrogen-bond acceptors (Lipinski definition) is 2. The molecule has 20 heavy (non-hydrogen) atoms. The van der Waals surface area contributed by atoms with Gasteiger partial charge in [0, 0.05) is 24.7 Å². The number of carbonyl (C=O) groups excluding carboxylic acids is 1. The maximum atomic E-state index is 12.7. The highest BCUT2D eigenvalue weighted by atomic mass is 16.2. The predicted octanol–water partition coefficient (Wildman–Crippen LogP) is 2.76. The average molecular weight is 274 g/mol. The van der Waals surface area contributed by atoms with E-state index < -0.39 is 0 Å². The van der Waals surface area contributed by atoms with Crippen molar-refractivity contribution < 1.29 is 4.79 Å². The number of nitrogens with zero attached hydrogens (tertiary/aromatic N) is 1. The summed E-state index contributed by atoms with van der Waals surface area (Å²) in [7, 11) is 0. The van der Waals surface area contributed by atoms with Gasteiger partial charge in [0.2, 0.25) is 0 Å². The number of benzene rings is 1. The lowest BCUT2D eigenvalue weighted by molar-refractivity contribution is 0.0645. The van der Waals surface area contributed by atoms with Crippen LogP contribution in [-0.2, 0) is 0 Å². The third-order valence-corrected chi connectivity index (χ3v) is 4.28. The first-order chi connectivity index (χ1) is 9.52. The maximum absolute atomic E-state index is 12.7. The molecule has 1 aromatic carbocycles. The van der Waals surface area contributed by atoms with Crippen LogP contribution in [0.5, 0.6) is 0 Å². The first kappa shape index (κ1) is 15.0. The smallest absolute Gasteiger partial charge is 0.254 e. The van der Waals surface area contributed by atoms with Crippen LogP contribution in [0.2, 0.25) is 0 Å². The van der Waals surface area contributed by atoms with Crippen LogP contribution in [-0.4, -0.2) is 36.5 Å². The number of piperidine rings is 1. The van der Waals surface area contributed by atoms with Crippen molar-refractivity contribution in [2.75, 3.05) is 19.6 Å². The van der Waals surface area contributed by atoms with Gasteiger partial charge < -0.3 is 10.2 Å². The molecule has 1 heterocycles. The molecular formula is C17H26N2O. The minimum Gasteiger partial charge on any atom is -0.338 e. The van der Waals surface area contributed by atoms with Crippen molar-refractivity contribution in [1.29, 1.82) is 0 Å². The van der Waals surface area contributed by atoms with E-state index in [2.05, 4.69) is 25.2 Å². The SMILES string of the molecule is CCNC1CCN(C(=O)c2cc(C)ccc2C)CC1C. The molecule has 1 saturated heterocycles. The van der Waals surface area contributed by atoms with E-state index in [1.54, 1.807) is 0 Å². The zero-order valence-electron chi connectivity index (χ0n) is 13.1. The Bertz CT molecular complexity index is 484. The van der Waals surface area contributed by atoms with Crippen LogP contribution in [0.15, 0.2) is 18.2 Å². The molecular weight excluding hydrogens is 248 g/mol. The summed E-state index contributed by atoms with van der Waals surface area (Å²) in [5.41, 5.74) is 3.08. The molecule has 2 unspecified atom stereocenters. The summed E-state index contributed by atoms with van der Waals surface area (Å²) in [6, 6.07) is 6.66. The van der Waals surface area contributed by atoms with Gasteiger partial charge in [-0.25, -0.2) is 0 Å². The highest BCUT2D eigenvalue weighted by molar-refractivity contribution is 5.95. The third-order valence-electron chi connectivity index (χ3n) is 4.28. The number of amides is 1. The lowest BCUT2D eigenvalue weighted by Gasteiger charge is -2.37. The van der Waals surface area contributed by atoms with Crippen LogP contribution in [0.1, 0.15) is 41.8 Å². The molecule has 2 rings (SSSR count). The molecule has 0 spiro atoms. The number of rotatable bonds is 3. The summed E-state index contributed by atoms with van der Waals surface area (Å²) < 4.78 is 0. The molecule has 3 nitrogen and oxygen atoms in total. The monoisotopic (exact) mass is 274 g/mol. The minimum absolute atomic E-state index is 0.188. The zero-order valence-corrected chi connectivity index (χ0v) is 13.1. The van der Waals surface area contributed by atoms with Crippen molar-refractivity contribution in [1.82, 2.24) is 10.2 Å². The fourth-order valence-electron chi connectivity index (χ4n) is 3.03. The topological polar surface area (TPSA) is 32.3 Å². The molecule has 0 radical (unpaired) electrons. The second-order valence-electron chi connectivity index (χ2n) is 6.00. The van der Waals surface area contributed by atoms with Crippen LogP contribution < -0.4 is 5.32 Å². The summed E-state index contributed by atoms with van der Waals surface area (Å²) >= 11 is 0. The lowest BCUT2D eigenvalue weighted by atomic mass is 9.93. The summed E-state index contributed by atoms with van der Waals surface area (Å²) in [6.45, 7) is 11.1. The van der Waals surface area contributed by atoms with E-state index in [1.165, 1.54) is 0 Å². The fourth-order valence-corrected chi connectivity index (χ4v) is 3.03. The summed E-state index contributed by atoms with van der Waals surface area (Å²) in [4.78, 5) is 14.7. The van der Waals surface area contributed by atoms with Crippen LogP contribution in [0.25, 0.3) is 0 Å². The minimum atomic E-state index is 0.188. The molecule has 0 aromatic heterocycles. The normalized spacial score (nSPS) is 22.9. The summed E-state index contributed by atoms with van der Waals surface area (Å²) in [6.07, 6.45) is 1.05. The van der Waals surface area contributed by atoms with Gasteiger partial charge in [-0.1, -0.05) is 31.5 Å². The molecule has 1 N–H and O–H groups in total. The second-order valence-corrected chi connectivity index (χ2v) is 6.00. The number of likely N-dealkylation sites (tertiary alicyclic amines) is 1. The molecule has 1 aliphatic rings. The van der Waals surface area contributed by atoms with Crippen LogP contribution in [0.3, 0.4) is 0 Å². The van der Waals surface area contributed by atoms with Gasteiger partial charge in [-0.3, -0.25) is 4.79 Å². The highest BCUT2D eigenvalue weighted by Crippen LogP contribution is 2.20. The van der Waals surface area contributed by atoms with E-state index in [0.717, 1.165) is 42.7 Å². The van der Waals surface area contributed by atoms with E-state index in [9.17, 15) is 4.79 Å². The van der Waals surface area contributed by atoms with Crippen molar-refractivity contribution in [3.05, 3.63) is 34.9 Å². The Morgan fingerprint density at radius 1 is 1.40 bits per heavy atom. The van der Waals surface area contributed by atoms with Crippen LogP contribution in [0.4, 0.5) is 0 Å². The molecule has 0 aliphatic carbocycles. The quantitative estimate of drug-likeness (QED) is 0.919. The molecule has 1 fully saturated rings. The predicted molar refractivity (Wildman–Crippen MR) is 83.1 cm³/mol.